The monoisotopic (exact) mass is 190 g/mol. The van der Waals surface area contributed by atoms with Gasteiger partial charge in [-0.2, -0.15) is 5.10 Å². The van der Waals surface area contributed by atoms with E-state index in [1.54, 1.807) is 13.3 Å². The first-order valence-corrected chi connectivity index (χ1v) is 4.22. The molecule has 0 bridgehead atoms. The third kappa shape index (κ3) is 1.77. The van der Waals surface area contributed by atoms with Gasteiger partial charge in [-0.15, -0.1) is 0 Å². The Hall–Kier alpha value is -1.75. The van der Waals surface area contributed by atoms with Gasteiger partial charge in [0.25, 0.3) is 0 Å². The van der Waals surface area contributed by atoms with Gasteiger partial charge in [0.1, 0.15) is 12.3 Å². The number of methoxy groups -OCH3 is 1. The van der Waals surface area contributed by atoms with Crippen LogP contribution in [0.1, 0.15) is 5.82 Å². The highest BCUT2D eigenvalue weighted by Gasteiger charge is 2.05. The van der Waals surface area contributed by atoms with Gasteiger partial charge >= 0.3 is 0 Å². The molecule has 0 atom stereocenters. The van der Waals surface area contributed by atoms with Crippen LogP contribution in [0.4, 0.5) is 0 Å². The number of aromatic amines is 1. The van der Waals surface area contributed by atoms with Gasteiger partial charge in [-0.3, -0.25) is 10.1 Å². The predicted octanol–water partition coefficient (Wildman–Crippen LogP) is 1.01. The maximum absolute atomic E-state index is 4.92. The Balaban J connectivity index is 2.25. The Labute approximate surface area is 81.2 Å². The highest BCUT2D eigenvalue weighted by atomic mass is 16.5. The molecule has 0 unspecified atom stereocenters. The van der Waals surface area contributed by atoms with Gasteiger partial charge in [-0.1, -0.05) is 6.07 Å². The van der Waals surface area contributed by atoms with E-state index in [1.807, 2.05) is 18.2 Å². The second-order valence-electron chi connectivity index (χ2n) is 2.75. The van der Waals surface area contributed by atoms with E-state index >= 15 is 0 Å². The second kappa shape index (κ2) is 3.97. The van der Waals surface area contributed by atoms with Crippen LogP contribution < -0.4 is 0 Å². The van der Waals surface area contributed by atoms with Crippen LogP contribution in [0.3, 0.4) is 0 Å². The van der Waals surface area contributed by atoms with Crippen LogP contribution in [-0.4, -0.2) is 27.3 Å². The van der Waals surface area contributed by atoms with E-state index in [0.717, 1.165) is 5.69 Å². The van der Waals surface area contributed by atoms with E-state index in [9.17, 15) is 0 Å². The lowest BCUT2D eigenvalue weighted by molar-refractivity contribution is 0.178. The zero-order chi connectivity index (χ0) is 9.80. The Morgan fingerprint density at radius 3 is 3.07 bits per heavy atom. The summed E-state index contributed by atoms with van der Waals surface area (Å²) in [5.74, 6) is 1.30. The van der Waals surface area contributed by atoms with Gasteiger partial charge < -0.3 is 4.74 Å². The largest absolute Gasteiger partial charge is 0.377 e. The highest BCUT2D eigenvalue weighted by Crippen LogP contribution is 2.09. The molecule has 2 rings (SSSR count). The van der Waals surface area contributed by atoms with Crippen LogP contribution in [-0.2, 0) is 11.3 Å². The molecule has 0 aliphatic carbocycles. The number of rotatable bonds is 3. The molecule has 0 aliphatic rings. The van der Waals surface area contributed by atoms with Gasteiger partial charge in [-0.25, -0.2) is 4.98 Å². The average Bonchev–Trinajstić information content (AvgIpc) is 2.68. The van der Waals surface area contributed by atoms with Crippen molar-refractivity contribution < 1.29 is 4.74 Å². The van der Waals surface area contributed by atoms with Crippen molar-refractivity contribution in [1.82, 2.24) is 20.2 Å². The first-order valence-electron chi connectivity index (χ1n) is 4.22. The summed E-state index contributed by atoms with van der Waals surface area (Å²) in [6.45, 7) is 0.430. The molecule has 0 saturated heterocycles. The lowest BCUT2D eigenvalue weighted by Crippen LogP contribution is -1.89. The number of nitrogens with one attached hydrogen (secondary N) is 1. The average molecular weight is 190 g/mol. The maximum atomic E-state index is 4.92. The van der Waals surface area contributed by atoms with E-state index in [-0.39, 0.29) is 0 Å². The minimum absolute atomic E-state index is 0.430. The van der Waals surface area contributed by atoms with Crippen molar-refractivity contribution in [3.8, 4) is 11.5 Å². The van der Waals surface area contributed by atoms with Crippen LogP contribution >= 0.6 is 0 Å². The van der Waals surface area contributed by atoms with Gasteiger partial charge in [0.05, 0.1) is 0 Å². The summed E-state index contributed by atoms with van der Waals surface area (Å²) in [6.07, 6.45) is 1.71. The zero-order valence-electron chi connectivity index (χ0n) is 7.77. The molecular weight excluding hydrogens is 180 g/mol. The quantitative estimate of drug-likeness (QED) is 0.784. The van der Waals surface area contributed by atoms with Gasteiger partial charge in [0.15, 0.2) is 11.6 Å². The molecule has 72 valence electrons. The van der Waals surface area contributed by atoms with E-state index in [0.29, 0.717) is 18.3 Å². The predicted molar refractivity (Wildman–Crippen MR) is 50.3 cm³/mol. The first kappa shape index (κ1) is 8.83. The van der Waals surface area contributed by atoms with Crippen LogP contribution in [0, 0.1) is 0 Å². The third-order valence-corrected chi connectivity index (χ3v) is 1.71. The molecule has 0 saturated carbocycles. The molecule has 0 amide bonds. The smallest absolute Gasteiger partial charge is 0.199 e. The molecule has 5 nitrogen and oxygen atoms in total. The fourth-order valence-corrected chi connectivity index (χ4v) is 1.11. The minimum Gasteiger partial charge on any atom is -0.377 e. The fraction of sp³-hybridized carbons (Fsp3) is 0.222. The van der Waals surface area contributed by atoms with Crippen molar-refractivity contribution >= 4 is 0 Å². The lowest BCUT2D eigenvalue weighted by atomic mass is 10.3. The zero-order valence-corrected chi connectivity index (χ0v) is 7.77. The number of hydrogen-bond acceptors (Lipinski definition) is 4. The number of aromatic nitrogens is 4. The van der Waals surface area contributed by atoms with E-state index < -0.39 is 0 Å². The van der Waals surface area contributed by atoms with Crippen molar-refractivity contribution in [3.05, 3.63) is 30.2 Å². The number of pyridine rings is 1. The molecule has 0 aliphatic heterocycles. The lowest BCUT2D eigenvalue weighted by Gasteiger charge is -1.91. The maximum Gasteiger partial charge on any atom is 0.199 e. The Morgan fingerprint density at radius 1 is 1.43 bits per heavy atom. The van der Waals surface area contributed by atoms with Gasteiger partial charge in [0, 0.05) is 13.3 Å². The highest BCUT2D eigenvalue weighted by molar-refractivity contribution is 5.47. The molecule has 0 fully saturated rings. The summed E-state index contributed by atoms with van der Waals surface area (Å²) in [4.78, 5) is 8.35. The van der Waals surface area contributed by atoms with Crippen molar-refractivity contribution in [1.29, 1.82) is 0 Å². The van der Waals surface area contributed by atoms with Crippen LogP contribution in [0.2, 0.25) is 0 Å². The Bertz CT molecular complexity index is 398. The van der Waals surface area contributed by atoms with Crippen molar-refractivity contribution in [2.45, 2.75) is 6.61 Å². The normalized spacial score (nSPS) is 10.4. The fourth-order valence-electron chi connectivity index (χ4n) is 1.11. The summed E-state index contributed by atoms with van der Waals surface area (Å²) < 4.78 is 4.92. The SMILES string of the molecule is COCc1nc(-c2ccccn2)n[nH]1. The molecule has 5 heteroatoms. The number of hydrogen-bond donors (Lipinski definition) is 1. The molecule has 2 heterocycles. The van der Waals surface area contributed by atoms with E-state index in [1.165, 1.54) is 0 Å². The molecule has 0 radical (unpaired) electrons. The van der Waals surface area contributed by atoms with Gasteiger partial charge in [-0.05, 0) is 12.1 Å². The first-order chi connectivity index (χ1) is 6.90. The number of H-pyrrole nitrogens is 1. The molecule has 0 spiro atoms. The van der Waals surface area contributed by atoms with Crippen LogP contribution in [0.25, 0.3) is 11.5 Å². The van der Waals surface area contributed by atoms with Crippen molar-refractivity contribution in [2.24, 2.45) is 0 Å². The Kier molecular flexibility index (Phi) is 2.51. The van der Waals surface area contributed by atoms with Gasteiger partial charge in [0.2, 0.25) is 0 Å². The summed E-state index contributed by atoms with van der Waals surface area (Å²) in [5, 5.41) is 6.81. The number of ether oxygens (including phenoxy) is 1. The van der Waals surface area contributed by atoms with Crippen LogP contribution in [0.5, 0.6) is 0 Å². The Morgan fingerprint density at radius 2 is 2.36 bits per heavy atom. The summed E-state index contributed by atoms with van der Waals surface area (Å²) in [5.41, 5.74) is 0.756. The van der Waals surface area contributed by atoms with E-state index in [4.69, 9.17) is 4.74 Å². The second-order valence-corrected chi connectivity index (χ2v) is 2.75. The minimum atomic E-state index is 0.430. The molecule has 0 aromatic carbocycles. The summed E-state index contributed by atoms with van der Waals surface area (Å²) >= 11 is 0. The number of nitrogens with zero attached hydrogens (tertiary/aromatic N) is 3. The van der Waals surface area contributed by atoms with Crippen molar-refractivity contribution in [2.75, 3.05) is 7.11 Å². The summed E-state index contributed by atoms with van der Waals surface area (Å²) in [6, 6.07) is 5.61. The van der Waals surface area contributed by atoms with Crippen LogP contribution in [0.15, 0.2) is 24.4 Å². The molecule has 2 aromatic rings. The third-order valence-electron chi connectivity index (χ3n) is 1.71. The molecule has 14 heavy (non-hydrogen) atoms. The van der Waals surface area contributed by atoms with Crippen molar-refractivity contribution in [3.63, 3.8) is 0 Å². The summed E-state index contributed by atoms with van der Waals surface area (Å²) in [7, 11) is 1.61. The van der Waals surface area contributed by atoms with E-state index in [2.05, 4.69) is 20.2 Å². The topological polar surface area (TPSA) is 63.7 Å². The molecule has 2 aromatic heterocycles. The standard InChI is InChI=1S/C9H10N4O/c1-14-6-8-11-9(13-12-8)7-4-2-3-5-10-7/h2-5H,6H2,1H3,(H,11,12,13). The molecular formula is C9H10N4O. The molecule has 1 N–H and O–H groups in total.